The van der Waals surface area contributed by atoms with Crippen LogP contribution < -0.4 is 4.74 Å². The SMILES string of the molecule is COc1ccc(CN2C(=O)C(CCCl)C3(C)OC(=O)C23C(O)C2C=CCCC2)cc1. The number of carbonyl (C=O) groups excluding carboxylic acids is 2. The van der Waals surface area contributed by atoms with Crippen molar-refractivity contribution in [2.24, 2.45) is 11.8 Å². The van der Waals surface area contributed by atoms with Crippen LogP contribution in [0.1, 0.15) is 38.2 Å². The first kappa shape index (κ1) is 21.2. The summed E-state index contributed by atoms with van der Waals surface area (Å²) in [6.45, 7) is 1.98. The fourth-order valence-corrected chi connectivity index (χ4v) is 5.64. The van der Waals surface area contributed by atoms with Gasteiger partial charge < -0.3 is 19.5 Å². The number of hydrogen-bond acceptors (Lipinski definition) is 5. The number of hydrogen-bond donors (Lipinski definition) is 1. The third-order valence-electron chi connectivity index (χ3n) is 7.05. The number of alkyl halides is 1. The molecule has 5 unspecified atom stereocenters. The average Bonchev–Trinajstić information content (AvgIpc) is 2.90. The fraction of sp³-hybridized carbons (Fsp3) is 0.565. The molecule has 6 nitrogen and oxygen atoms in total. The van der Waals surface area contributed by atoms with Gasteiger partial charge in [-0.25, -0.2) is 4.79 Å². The number of fused-ring (bicyclic) bond motifs is 1. The predicted molar refractivity (Wildman–Crippen MR) is 112 cm³/mol. The Balaban J connectivity index is 1.76. The Morgan fingerprint density at radius 1 is 1.33 bits per heavy atom. The first-order valence-electron chi connectivity index (χ1n) is 10.5. The van der Waals surface area contributed by atoms with E-state index in [1.54, 1.807) is 18.9 Å². The zero-order chi connectivity index (χ0) is 21.5. The normalized spacial score (nSPS) is 33.7. The summed E-state index contributed by atoms with van der Waals surface area (Å²) in [6, 6.07) is 7.36. The maximum Gasteiger partial charge on any atom is 0.339 e. The number of amides is 1. The lowest BCUT2D eigenvalue weighted by Gasteiger charge is -2.57. The molecule has 0 bridgehead atoms. The topological polar surface area (TPSA) is 76.1 Å². The molecule has 2 aliphatic heterocycles. The van der Waals surface area contributed by atoms with Crippen molar-refractivity contribution >= 4 is 23.5 Å². The number of allylic oxidation sites excluding steroid dienone is 1. The molecule has 0 spiro atoms. The number of benzene rings is 1. The van der Waals surface area contributed by atoms with E-state index in [0.717, 1.165) is 24.8 Å². The standard InChI is InChI=1S/C23H28ClNO5/c1-22-18(12-13-24)20(27)25(14-15-8-10-17(29-2)11-9-15)23(22,21(28)30-22)19(26)16-6-4-3-5-7-16/h4,6,8-11,16,18-19,26H,3,5,7,12-14H2,1-2H3. The van der Waals surface area contributed by atoms with E-state index in [4.69, 9.17) is 21.1 Å². The number of aliphatic hydroxyl groups excluding tert-OH is 1. The largest absolute Gasteiger partial charge is 0.497 e. The lowest BCUT2D eigenvalue weighted by molar-refractivity contribution is -0.256. The van der Waals surface area contributed by atoms with E-state index in [9.17, 15) is 14.7 Å². The van der Waals surface area contributed by atoms with Crippen LogP contribution in [0.25, 0.3) is 0 Å². The minimum atomic E-state index is -1.41. The Morgan fingerprint density at radius 3 is 2.63 bits per heavy atom. The number of carbonyl (C=O) groups is 2. The molecule has 1 aromatic carbocycles. The molecule has 2 fully saturated rings. The number of ether oxygens (including phenoxy) is 2. The molecule has 0 saturated carbocycles. The number of methoxy groups -OCH3 is 1. The van der Waals surface area contributed by atoms with Crippen LogP contribution in [0.5, 0.6) is 5.75 Å². The average molecular weight is 434 g/mol. The second kappa shape index (κ2) is 7.89. The molecule has 3 aliphatic rings. The first-order valence-corrected chi connectivity index (χ1v) is 11.0. The van der Waals surface area contributed by atoms with Crippen LogP contribution in [0, 0.1) is 11.8 Å². The Morgan fingerprint density at radius 2 is 2.07 bits per heavy atom. The zero-order valence-electron chi connectivity index (χ0n) is 17.3. The van der Waals surface area contributed by atoms with E-state index in [-0.39, 0.29) is 24.2 Å². The maximum absolute atomic E-state index is 13.5. The van der Waals surface area contributed by atoms with Gasteiger partial charge in [-0.05, 0) is 50.3 Å². The number of aliphatic hydroxyl groups is 1. The van der Waals surface area contributed by atoms with Crippen LogP contribution in [0.3, 0.4) is 0 Å². The van der Waals surface area contributed by atoms with Crippen LogP contribution >= 0.6 is 11.6 Å². The number of likely N-dealkylation sites (tertiary alicyclic amines) is 1. The van der Waals surface area contributed by atoms with Gasteiger partial charge in [-0.2, -0.15) is 0 Å². The molecule has 0 radical (unpaired) electrons. The van der Waals surface area contributed by atoms with Crippen molar-refractivity contribution < 1.29 is 24.2 Å². The van der Waals surface area contributed by atoms with Crippen molar-refractivity contribution in [1.82, 2.24) is 4.90 Å². The smallest absolute Gasteiger partial charge is 0.339 e. The maximum atomic E-state index is 13.5. The Labute approximate surface area is 181 Å². The van der Waals surface area contributed by atoms with Gasteiger partial charge in [-0.1, -0.05) is 24.3 Å². The van der Waals surface area contributed by atoms with Crippen molar-refractivity contribution in [2.45, 2.75) is 56.4 Å². The van der Waals surface area contributed by atoms with Gasteiger partial charge in [-0.3, -0.25) is 4.79 Å². The summed E-state index contributed by atoms with van der Waals surface area (Å²) in [7, 11) is 1.59. The van der Waals surface area contributed by atoms with Crippen LogP contribution in [0.15, 0.2) is 36.4 Å². The van der Waals surface area contributed by atoms with E-state index in [0.29, 0.717) is 12.2 Å². The molecular weight excluding hydrogens is 406 g/mol. The van der Waals surface area contributed by atoms with Crippen molar-refractivity contribution in [1.29, 1.82) is 0 Å². The zero-order valence-corrected chi connectivity index (χ0v) is 18.1. The lowest BCUT2D eigenvalue weighted by Crippen LogP contribution is -2.80. The lowest BCUT2D eigenvalue weighted by atomic mass is 9.64. The van der Waals surface area contributed by atoms with E-state index in [2.05, 4.69) is 0 Å². The molecule has 7 heteroatoms. The van der Waals surface area contributed by atoms with Gasteiger partial charge >= 0.3 is 5.97 Å². The van der Waals surface area contributed by atoms with Crippen molar-refractivity contribution in [3.05, 3.63) is 42.0 Å². The third-order valence-corrected chi connectivity index (χ3v) is 7.27. The number of halogens is 1. The van der Waals surface area contributed by atoms with Crippen LogP contribution in [0.4, 0.5) is 0 Å². The molecule has 1 aliphatic carbocycles. The highest BCUT2D eigenvalue weighted by Crippen LogP contribution is 2.58. The van der Waals surface area contributed by atoms with E-state index >= 15 is 0 Å². The summed E-state index contributed by atoms with van der Waals surface area (Å²) in [5, 5.41) is 11.5. The van der Waals surface area contributed by atoms with Gasteiger partial charge in [0, 0.05) is 18.3 Å². The van der Waals surface area contributed by atoms with E-state index < -0.39 is 29.1 Å². The van der Waals surface area contributed by atoms with Crippen molar-refractivity contribution in [3.63, 3.8) is 0 Å². The quantitative estimate of drug-likeness (QED) is 0.406. The number of esters is 1. The van der Waals surface area contributed by atoms with Gasteiger partial charge in [0.15, 0.2) is 5.60 Å². The summed E-state index contributed by atoms with van der Waals surface area (Å²) < 4.78 is 10.9. The summed E-state index contributed by atoms with van der Waals surface area (Å²) >= 11 is 6.00. The molecule has 5 atom stereocenters. The molecule has 2 heterocycles. The Kier molecular flexibility index (Phi) is 5.58. The van der Waals surface area contributed by atoms with Crippen molar-refractivity contribution in [3.8, 4) is 5.75 Å². The van der Waals surface area contributed by atoms with Crippen LogP contribution in [-0.4, -0.2) is 52.1 Å². The molecule has 4 rings (SSSR count). The van der Waals surface area contributed by atoms with Crippen LogP contribution in [0.2, 0.25) is 0 Å². The molecule has 30 heavy (non-hydrogen) atoms. The molecule has 162 valence electrons. The molecule has 1 N–H and O–H groups in total. The highest BCUT2D eigenvalue weighted by molar-refractivity contribution is 6.18. The highest BCUT2D eigenvalue weighted by Gasteiger charge is 2.82. The molecule has 2 saturated heterocycles. The molecule has 1 amide bonds. The second-order valence-corrected chi connectivity index (χ2v) is 8.91. The van der Waals surface area contributed by atoms with Crippen LogP contribution in [-0.2, 0) is 20.9 Å². The van der Waals surface area contributed by atoms with E-state index in [1.807, 2.05) is 36.4 Å². The van der Waals surface area contributed by atoms with Gasteiger partial charge in [0.05, 0.1) is 19.1 Å². The third kappa shape index (κ3) is 2.88. The summed E-state index contributed by atoms with van der Waals surface area (Å²) in [5.74, 6) is -0.523. The minimum absolute atomic E-state index is 0.196. The van der Waals surface area contributed by atoms with E-state index in [1.165, 1.54) is 0 Å². The van der Waals surface area contributed by atoms with Gasteiger partial charge in [0.2, 0.25) is 11.4 Å². The minimum Gasteiger partial charge on any atom is -0.497 e. The molecular formula is C23H28ClNO5. The second-order valence-electron chi connectivity index (χ2n) is 8.53. The first-order chi connectivity index (χ1) is 14.4. The Hall–Kier alpha value is -2.05. The predicted octanol–water partition coefficient (Wildman–Crippen LogP) is 3.05. The number of nitrogens with zero attached hydrogens (tertiary/aromatic N) is 1. The molecule has 1 aromatic rings. The summed E-state index contributed by atoms with van der Waals surface area (Å²) in [4.78, 5) is 28.1. The van der Waals surface area contributed by atoms with Gasteiger partial charge in [0.25, 0.3) is 0 Å². The fourth-order valence-electron chi connectivity index (χ4n) is 5.43. The number of rotatable bonds is 7. The highest BCUT2D eigenvalue weighted by atomic mass is 35.5. The van der Waals surface area contributed by atoms with Crippen molar-refractivity contribution in [2.75, 3.05) is 13.0 Å². The van der Waals surface area contributed by atoms with Gasteiger partial charge in [-0.15, -0.1) is 11.6 Å². The summed E-state index contributed by atoms with van der Waals surface area (Å²) in [5.41, 5.74) is -1.66. The molecule has 0 aromatic heterocycles. The monoisotopic (exact) mass is 433 g/mol. The van der Waals surface area contributed by atoms with Gasteiger partial charge in [0.1, 0.15) is 5.75 Å². The summed E-state index contributed by atoms with van der Waals surface area (Å²) in [6.07, 6.45) is 6.03. The Bertz CT molecular complexity index is 856.